The molecule has 0 bridgehead atoms. The fourth-order valence-electron chi connectivity index (χ4n) is 1.63. The molecule has 0 amide bonds. The molecule has 120 valence electrons. The molecule has 0 spiro atoms. The van der Waals surface area contributed by atoms with Crippen molar-refractivity contribution in [3.05, 3.63) is 47.5 Å². The first-order valence-electron chi connectivity index (χ1n) is 6.02. The summed E-state index contributed by atoms with van der Waals surface area (Å²) in [7, 11) is 0. The van der Waals surface area contributed by atoms with Crippen LogP contribution in [0.4, 0.5) is 11.4 Å². The summed E-state index contributed by atoms with van der Waals surface area (Å²) < 4.78 is 12.5. The van der Waals surface area contributed by atoms with Gasteiger partial charge < -0.3 is 5.73 Å². The fraction of sp³-hybridized carbons (Fsp3) is 0.0714. The van der Waals surface area contributed by atoms with Crippen LogP contribution in [-0.4, -0.2) is 20.7 Å². The molecular formula is C14H18AsCl2N3OS. The number of halogens is 2. The molecule has 1 atom stereocenters. The van der Waals surface area contributed by atoms with Crippen molar-refractivity contribution in [1.29, 1.82) is 0 Å². The van der Waals surface area contributed by atoms with Gasteiger partial charge in [0.2, 0.25) is 0 Å². The third-order valence-electron chi connectivity index (χ3n) is 2.59. The Labute approximate surface area is 152 Å². The van der Waals surface area contributed by atoms with Gasteiger partial charge in [-0.15, -0.1) is 36.2 Å². The molecular weight excluding hydrogens is 404 g/mol. The van der Waals surface area contributed by atoms with Crippen LogP contribution in [-0.2, 0) is 3.74 Å². The number of hydrogen-bond acceptors (Lipinski definition) is 5. The second-order valence-corrected chi connectivity index (χ2v) is 7.37. The van der Waals surface area contributed by atoms with Crippen molar-refractivity contribution in [2.45, 2.75) is 6.92 Å². The number of benzene rings is 2. The summed E-state index contributed by atoms with van der Waals surface area (Å²) in [6.45, 7) is 2.00. The average molecular weight is 422 g/mol. The predicted octanol–water partition coefficient (Wildman–Crippen LogP) is 2.44. The predicted molar refractivity (Wildman–Crippen MR) is 103 cm³/mol. The Morgan fingerprint density at radius 3 is 2.18 bits per heavy atom. The summed E-state index contributed by atoms with van der Waals surface area (Å²) in [5.74, 6) is 0. The van der Waals surface area contributed by atoms with E-state index in [1.165, 1.54) is 4.70 Å². The maximum absolute atomic E-state index is 10.4. The number of nitrogen functional groups attached to an aromatic ring is 2. The average Bonchev–Trinajstić information content (AvgIpc) is 2.79. The molecule has 0 saturated carbocycles. The number of hydrogen-bond donors (Lipinski definition) is 2. The standard InChI is InChI=1S/C8H8N2S.C6H8AsNO.2ClH/c1-5-10-7-4-6(9)2-3-8(7)11-5;8-6-3-1-5(7-9)2-4-6;;/h2-4H,9H2,1H3;1-4H,7-8H2;2*1H. The fourth-order valence-corrected chi connectivity index (χ4v) is 3.18. The van der Waals surface area contributed by atoms with Gasteiger partial charge >= 0.3 is 59.5 Å². The Morgan fingerprint density at radius 1 is 1.00 bits per heavy atom. The van der Waals surface area contributed by atoms with E-state index in [1.54, 1.807) is 23.5 Å². The Hall–Kier alpha value is -1.13. The summed E-state index contributed by atoms with van der Waals surface area (Å²) in [5, 5.41) is 1.09. The number of nitrogens with zero attached hydrogens (tertiary/aromatic N) is 1. The molecule has 1 aromatic heterocycles. The van der Waals surface area contributed by atoms with Gasteiger partial charge in [-0.3, -0.25) is 0 Å². The van der Waals surface area contributed by atoms with Gasteiger partial charge in [-0.2, -0.15) is 0 Å². The molecule has 0 aliphatic heterocycles. The Bertz CT molecular complexity index is 735. The van der Waals surface area contributed by atoms with Crippen LogP contribution in [0.15, 0.2) is 42.5 Å². The Balaban J connectivity index is 0.000000374. The second kappa shape index (κ2) is 9.80. The van der Waals surface area contributed by atoms with Crippen molar-refractivity contribution in [3.63, 3.8) is 0 Å². The minimum absolute atomic E-state index is 0. The number of thiazole rings is 1. The van der Waals surface area contributed by atoms with E-state index in [1.807, 2.05) is 37.3 Å². The van der Waals surface area contributed by atoms with Crippen LogP contribution in [0, 0.1) is 6.92 Å². The Morgan fingerprint density at radius 2 is 1.59 bits per heavy atom. The van der Waals surface area contributed by atoms with Gasteiger partial charge in [-0.05, 0) is 25.1 Å². The zero-order chi connectivity index (χ0) is 14.5. The van der Waals surface area contributed by atoms with E-state index in [0.717, 1.165) is 26.3 Å². The van der Waals surface area contributed by atoms with E-state index in [9.17, 15) is 3.74 Å². The van der Waals surface area contributed by atoms with Crippen molar-refractivity contribution in [1.82, 2.24) is 4.98 Å². The van der Waals surface area contributed by atoms with Crippen LogP contribution in [0.5, 0.6) is 0 Å². The molecule has 1 heterocycles. The number of aryl methyl sites for hydroxylation is 1. The number of anilines is 2. The van der Waals surface area contributed by atoms with Crippen molar-refractivity contribution in [2.24, 2.45) is 0 Å². The summed E-state index contributed by atoms with van der Waals surface area (Å²) in [5.41, 5.74) is 13.5. The SMILES string of the molecule is Cc1nc2cc(N)ccc2s1.Cl.Cl.Nc1ccc([AsH2]=O)cc1. The molecule has 3 aromatic rings. The molecule has 0 fully saturated rings. The summed E-state index contributed by atoms with van der Waals surface area (Å²) in [6, 6.07) is 13.0. The molecule has 4 N–H and O–H groups in total. The number of nitrogens with two attached hydrogens (primary N) is 2. The molecule has 0 aliphatic carbocycles. The molecule has 0 aliphatic rings. The van der Waals surface area contributed by atoms with E-state index >= 15 is 0 Å². The van der Waals surface area contributed by atoms with Gasteiger partial charge in [0.05, 0.1) is 15.2 Å². The summed E-state index contributed by atoms with van der Waals surface area (Å²) in [6.07, 6.45) is 0. The summed E-state index contributed by atoms with van der Waals surface area (Å²) in [4.78, 5) is 4.31. The third kappa shape index (κ3) is 5.93. The van der Waals surface area contributed by atoms with Gasteiger partial charge in [-0.25, -0.2) is 4.98 Å². The molecule has 22 heavy (non-hydrogen) atoms. The first-order valence-corrected chi connectivity index (χ1v) is 9.03. The van der Waals surface area contributed by atoms with Gasteiger partial charge in [-0.1, -0.05) is 0 Å². The quantitative estimate of drug-likeness (QED) is 0.467. The van der Waals surface area contributed by atoms with Crippen LogP contribution < -0.4 is 15.8 Å². The number of aromatic nitrogens is 1. The van der Waals surface area contributed by atoms with Crippen molar-refractivity contribution < 1.29 is 3.74 Å². The Kier molecular flexibility index (Phi) is 9.29. The molecule has 2 aromatic carbocycles. The molecule has 0 radical (unpaired) electrons. The molecule has 8 heteroatoms. The van der Waals surface area contributed by atoms with Crippen LogP contribution >= 0.6 is 36.2 Å². The van der Waals surface area contributed by atoms with E-state index in [4.69, 9.17) is 11.5 Å². The minimum atomic E-state index is -1.36. The van der Waals surface area contributed by atoms with Gasteiger partial charge in [0.15, 0.2) is 0 Å². The maximum atomic E-state index is 10.4. The monoisotopic (exact) mass is 421 g/mol. The zero-order valence-corrected chi connectivity index (χ0v) is 16.7. The zero-order valence-electron chi connectivity index (χ0n) is 11.9. The van der Waals surface area contributed by atoms with Crippen molar-refractivity contribution in [2.75, 3.05) is 11.5 Å². The van der Waals surface area contributed by atoms with E-state index in [-0.39, 0.29) is 24.8 Å². The molecule has 1 unspecified atom stereocenters. The van der Waals surface area contributed by atoms with Gasteiger partial charge in [0.25, 0.3) is 0 Å². The molecule has 4 nitrogen and oxygen atoms in total. The van der Waals surface area contributed by atoms with Crippen molar-refractivity contribution in [3.8, 4) is 0 Å². The van der Waals surface area contributed by atoms with Gasteiger partial charge in [0.1, 0.15) is 0 Å². The molecule has 3 rings (SSSR count). The first kappa shape index (κ1) is 20.9. The normalized spacial score (nSPS) is 9.68. The molecule has 0 saturated heterocycles. The van der Waals surface area contributed by atoms with Crippen LogP contribution in [0.2, 0.25) is 0 Å². The van der Waals surface area contributed by atoms with E-state index in [2.05, 4.69) is 4.98 Å². The second-order valence-electron chi connectivity index (χ2n) is 4.24. The number of fused-ring (bicyclic) bond motifs is 1. The first-order chi connectivity index (χ1) is 9.58. The van der Waals surface area contributed by atoms with E-state index in [0.29, 0.717) is 0 Å². The van der Waals surface area contributed by atoms with Crippen LogP contribution in [0.1, 0.15) is 5.01 Å². The van der Waals surface area contributed by atoms with Crippen LogP contribution in [0.25, 0.3) is 10.2 Å². The summed E-state index contributed by atoms with van der Waals surface area (Å²) >= 11 is 0.331. The van der Waals surface area contributed by atoms with Crippen LogP contribution in [0.3, 0.4) is 0 Å². The third-order valence-corrected chi connectivity index (χ3v) is 4.92. The number of rotatable bonds is 1. The topological polar surface area (TPSA) is 82.0 Å². The van der Waals surface area contributed by atoms with Crippen molar-refractivity contribution >= 4 is 77.8 Å². The van der Waals surface area contributed by atoms with E-state index < -0.39 is 15.7 Å². The van der Waals surface area contributed by atoms with Gasteiger partial charge in [0, 0.05) is 5.69 Å².